The number of anilines is 1. The van der Waals surface area contributed by atoms with Gasteiger partial charge in [-0.25, -0.2) is 0 Å². The van der Waals surface area contributed by atoms with Crippen molar-refractivity contribution in [3.05, 3.63) is 24.3 Å². The van der Waals surface area contributed by atoms with Crippen LogP contribution in [0.15, 0.2) is 29.3 Å². The number of ether oxygens (including phenoxy) is 1. The van der Waals surface area contributed by atoms with Gasteiger partial charge >= 0.3 is 0 Å². The van der Waals surface area contributed by atoms with E-state index in [0.29, 0.717) is 0 Å². The van der Waals surface area contributed by atoms with Crippen LogP contribution in [0.3, 0.4) is 0 Å². The van der Waals surface area contributed by atoms with Gasteiger partial charge in [0.05, 0.1) is 7.11 Å². The minimum Gasteiger partial charge on any atom is -0.497 e. The summed E-state index contributed by atoms with van der Waals surface area (Å²) in [5.41, 5.74) is 1.26. The zero-order valence-corrected chi connectivity index (χ0v) is 15.2. The van der Waals surface area contributed by atoms with Crippen LogP contribution in [0.5, 0.6) is 5.75 Å². The predicted octanol–water partition coefficient (Wildman–Crippen LogP) is 2.15. The second-order valence-corrected chi connectivity index (χ2v) is 6.48. The molecule has 0 saturated carbocycles. The van der Waals surface area contributed by atoms with Gasteiger partial charge in [-0.1, -0.05) is 0 Å². The number of guanidine groups is 1. The Kier molecular flexibility index (Phi) is 7.39. The third-order valence-corrected chi connectivity index (χ3v) is 4.73. The van der Waals surface area contributed by atoms with Gasteiger partial charge in [0.1, 0.15) is 5.75 Å². The van der Waals surface area contributed by atoms with Gasteiger partial charge in [0, 0.05) is 45.5 Å². The molecule has 1 aromatic carbocycles. The highest BCUT2D eigenvalue weighted by Crippen LogP contribution is 2.20. The van der Waals surface area contributed by atoms with Gasteiger partial charge in [-0.05, 0) is 42.7 Å². The zero-order valence-electron chi connectivity index (χ0n) is 14.4. The number of methoxy groups -OCH3 is 1. The number of hydrogen-bond donors (Lipinski definition) is 1. The van der Waals surface area contributed by atoms with Crippen molar-refractivity contribution in [2.75, 3.05) is 63.8 Å². The summed E-state index contributed by atoms with van der Waals surface area (Å²) in [5, 5.41) is 3.47. The average Bonchev–Trinajstić information content (AvgIpc) is 2.62. The molecule has 1 heterocycles. The Bertz CT molecular complexity index is 484. The highest BCUT2D eigenvalue weighted by molar-refractivity contribution is 7.98. The van der Waals surface area contributed by atoms with Crippen LogP contribution in [-0.4, -0.2) is 69.7 Å². The predicted molar refractivity (Wildman–Crippen MR) is 101 cm³/mol. The van der Waals surface area contributed by atoms with Gasteiger partial charge in [0.15, 0.2) is 5.96 Å². The second-order valence-electron chi connectivity index (χ2n) is 5.49. The number of piperazine rings is 1. The van der Waals surface area contributed by atoms with Crippen LogP contribution in [0.4, 0.5) is 5.69 Å². The van der Waals surface area contributed by atoms with E-state index in [1.807, 2.05) is 30.9 Å². The summed E-state index contributed by atoms with van der Waals surface area (Å²) in [6, 6.07) is 8.30. The fourth-order valence-electron chi connectivity index (χ4n) is 2.72. The maximum atomic E-state index is 5.22. The lowest BCUT2D eigenvalue weighted by Crippen LogP contribution is -2.52. The molecular formula is C17H28N4OS. The Labute approximate surface area is 144 Å². The molecule has 0 radical (unpaired) electrons. The molecule has 0 bridgehead atoms. The number of nitrogens with one attached hydrogen (secondary N) is 1. The van der Waals surface area contributed by atoms with Gasteiger partial charge in [-0.3, -0.25) is 4.99 Å². The molecule has 1 aliphatic rings. The summed E-state index contributed by atoms with van der Waals surface area (Å²) in [4.78, 5) is 9.18. The van der Waals surface area contributed by atoms with Crippen LogP contribution < -0.4 is 15.0 Å². The van der Waals surface area contributed by atoms with Crippen molar-refractivity contribution in [3.63, 3.8) is 0 Å². The first-order chi connectivity index (χ1) is 11.3. The quantitative estimate of drug-likeness (QED) is 0.490. The van der Waals surface area contributed by atoms with Crippen LogP contribution in [0, 0.1) is 0 Å². The standard InChI is InChI=1S/C17H28N4OS/c1-18-17(19-9-4-14-23-3)21-12-10-20(11-13-21)15-5-7-16(22-2)8-6-15/h5-8H,4,9-14H2,1-3H3,(H,18,19). The van der Waals surface area contributed by atoms with E-state index in [0.717, 1.165) is 44.4 Å². The number of aliphatic imine (C=N–C) groups is 1. The third-order valence-electron chi connectivity index (χ3n) is 4.04. The molecule has 1 saturated heterocycles. The van der Waals surface area contributed by atoms with Gasteiger partial charge in [0.25, 0.3) is 0 Å². The Morgan fingerprint density at radius 1 is 1.22 bits per heavy atom. The molecule has 23 heavy (non-hydrogen) atoms. The smallest absolute Gasteiger partial charge is 0.193 e. The minimum absolute atomic E-state index is 0.905. The molecule has 5 nitrogen and oxygen atoms in total. The van der Waals surface area contributed by atoms with Crippen LogP contribution in [0.25, 0.3) is 0 Å². The summed E-state index contributed by atoms with van der Waals surface area (Å²) in [6.07, 6.45) is 3.32. The fourth-order valence-corrected chi connectivity index (χ4v) is 3.15. The van der Waals surface area contributed by atoms with E-state index >= 15 is 0 Å². The molecule has 1 aliphatic heterocycles. The van der Waals surface area contributed by atoms with Gasteiger partial charge < -0.3 is 19.9 Å². The Balaban J connectivity index is 1.81. The topological polar surface area (TPSA) is 40.1 Å². The van der Waals surface area contributed by atoms with E-state index in [2.05, 4.69) is 38.5 Å². The van der Waals surface area contributed by atoms with Crippen molar-refractivity contribution in [2.24, 2.45) is 4.99 Å². The van der Waals surface area contributed by atoms with Crippen molar-refractivity contribution in [1.82, 2.24) is 10.2 Å². The maximum absolute atomic E-state index is 5.22. The zero-order chi connectivity index (χ0) is 16.5. The number of rotatable bonds is 6. The third kappa shape index (κ3) is 5.23. The average molecular weight is 337 g/mol. The molecule has 1 N–H and O–H groups in total. The SMILES string of the molecule is CN=C(NCCCSC)N1CCN(c2ccc(OC)cc2)CC1. The first-order valence-electron chi connectivity index (χ1n) is 8.12. The lowest BCUT2D eigenvalue weighted by Gasteiger charge is -2.37. The first-order valence-corrected chi connectivity index (χ1v) is 9.51. The van der Waals surface area contributed by atoms with Crippen LogP contribution >= 0.6 is 11.8 Å². The van der Waals surface area contributed by atoms with E-state index in [1.165, 1.54) is 17.9 Å². The molecule has 0 amide bonds. The van der Waals surface area contributed by atoms with Crippen molar-refractivity contribution in [3.8, 4) is 5.75 Å². The fraction of sp³-hybridized carbons (Fsp3) is 0.588. The number of nitrogens with zero attached hydrogens (tertiary/aromatic N) is 3. The van der Waals surface area contributed by atoms with Crippen molar-refractivity contribution < 1.29 is 4.74 Å². The van der Waals surface area contributed by atoms with E-state index in [4.69, 9.17) is 4.74 Å². The van der Waals surface area contributed by atoms with Crippen molar-refractivity contribution in [1.29, 1.82) is 0 Å². The molecule has 1 aromatic rings. The van der Waals surface area contributed by atoms with E-state index < -0.39 is 0 Å². The molecule has 2 rings (SSSR count). The van der Waals surface area contributed by atoms with E-state index in [1.54, 1.807) is 7.11 Å². The summed E-state index contributed by atoms with van der Waals surface area (Å²) in [5.74, 6) is 3.12. The molecule has 1 fully saturated rings. The highest BCUT2D eigenvalue weighted by atomic mass is 32.2. The molecule has 128 valence electrons. The Morgan fingerprint density at radius 2 is 1.91 bits per heavy atom. The van der Waals surface area contributed by atoms with Gasteiger partial charge in [0.2, 0.25) is 0 Å². The molecule has 6 heteroatoms. The molecule has 0 aliphatic carbocycles. The molecule has 0 atom stereocenters. The number of thioether (sulfide) groups is 1. The van der Waals surface area contributed by atoms with E-state index in [-0.39, 0.29) is 0 Å². The van der Waals surface area contributed by atoms with Gasteiger partial charge in [-0.15, -0.1) is 0 Å². The largest absolute Gasteiger partial charge is 0.497 e. The monoisotopic (exact) mass is 336 g/mol. The number of benzene rings is 1. The lowest BCUT2D eigenvalue weighted by atomic mass is 10.2. The van der Waals surface area contributed by atoms with Crippen molar-refractivity contribution in [2.45, 2.75) is 6.42 Å². The summed E-state index contributed by atoms with van der Waals surface area (Å²) < 4.78 is 5.22. The summed E-state index contributed by atoms with van der Waals surface area (Å²) in [6.45, 7) is 5.00. The Morgan fingerprint density at radius 3 is 2.48 bits per heavy atom. The Hall–Kier alpha value is -1.56. The summed E-state index contributed by atoms with van der Waals surface area (Å²) >= 11 is 1.89. The summed E-state index contributed by atoms with van der Waals surface area (Å²) in [7, 11) is 3.57. The molecule has 0 unspecified atom stereocenters. The minimum atomic E-state index is 0.905. The molecule has 0 spiro atoms. The lowest BCUT2D eigenvalue weighted by molar-refractivity contribution is 0.372. The number of hydrogen-bond acceptors (Lipinski definition) is 4. The van der Waals surface area contributed by atoms with E-state index in [9.17, 15) is 0 Å². The maximum Gasteiger partial charge on any atom is 0.193 e. The van der Waals surface area contributed by atoms with Crippen molar-refractivity contribution >= 4 is 23.4 Å². The van der Waals surface area contributed by atoms with Gasteiger partial charge in [-0.2, -0.15) is 11.8 Å². The first kappa shape index (κ1) is 17.8. The normalized spacial score (nSPS) is 15.7. The molecule has 0 aromatic heterocycles. The van der Waals surface area contributed by atoms with Crippen LogP contribution in [0.1, 0.15) is 6.42 Å². The van der Waals surface area contributed by atoms with Crippen LogP contribution in [0.2, 0.25) is 0 Å². The van der Waals surface area contributed by atoms with Crippen LogP contribution in [-0.2, 0) is 0 Å². The highest BCUT2D eigenvalue weighted by Gasteiger charge is 2.19. The molecular weight excluding hydrogens is 308 g/mol. The second kappa shape index (κ2) is 9.55.